The molecule has 0 aliphatic rings. The molecular formula is C12H16O3. The highest BCUT2D eigenvalue weighted by Crippen LogP contribution is 2.26. The van der Waals surface area contributed by atoms with Crippen molar-refractivity contribution in [2.75, 3.05) is 0 Å². The van der Waals surface area contributed by atoms with Gasteiger partial charge in [0, 0.05) is 0 Å². The van der Waals surface area contributed by atoms with Crippen molar-refractivity contribution >= 4 is 5.97 Å². The minimum Gasteiger partial charge on any atom is -0.508 e. The Bertz CT molecular complexity index is 369. The van der Waals surface area contributed by atoms with E-state index < -0.39 is 5.97 Å². The molecule has 1 rings (SSSR count). The molecule has 0 radical (unpaired) electrons. The van der Waals surface area contributed by atoms with Crippen molar-refractivity contribution in [3.8, 4) is 5.75 Å². The van der Waals surface area contributed by atoms with Crippen LogP contribution in [0.15, 0.2) is 12.1 Å². The Morgan fingerprint density at radius 3 is 2.40 bits per heavy atom. The molecule has 0 aliphatic heterocycles. The Labute approximate surface area is 89.4 Å². The van der Waals surface area contributed by atoms with Crippen molar-refractivity contribution in [2.45, 2.75) is 33.1 Å². The van der Waals surface area contributed by atoms with Crippen molar-refractivity contribution in [2.24, 2.45) is 0 Å². The minimum absolute atomic E-state index is 0.200. The average molecular weight is 208 g/mol. The van der Waals surface area contributed by atoms with E-state index in [0.29, 0.717) is 18.4 Å². The minimum atomic E-state index is -0.923. The maximum Gasteiger partial charge on any atom is 0.335 e. The van der Waals surface area contributed by atoms with Gasteiger partial charge in [0.05, 0.1) is 5.56 Å². The number of hydrogen-bond acceptors (Lipinski definition) is 2. The first-order chi connectivity index (χ1) is 7.11. The lowest BCUT2D eigenvalue weighted by Gasteiger charge is -2.12. The number of aromatic hydroxyl groups is 1. The molecule has 3 nitrogen and oxygen atoms in total. The third-order valence-electron chi connectivity index (χ3n) is 2.49. The van der Waals surface area contributed by atoms with E-state index in [1.165, 1.54) is 12.1 Å². The molecule has 15 heavy (non-hydrogen) atoms. The van der Waals surface area contributed by atoms with Gasteiger partial charge < -0.3 is 10.2 Å². The first-order valence-electron chi connectivity index (χ1n) is 5.18. The average Bonchev–Trinajstić information content (AvgIpc) is 2.18. The Kier molecular flexibility index (Phi) is 3.72. The normalized spacial score (nSPS) is 10.3. The molecule has 0 bridgehead atoms. The fraction of sp³-hybridized carbons (Fsp3) is 0.417. The van der Waals surface area contributed by atoms with Gasteiger partial charge in [0.2, 0.25) is 0 Å². The van der Waals surface area contributed by atoms with Gasteiger partial charge in [-0.2, -0.15) is 0 Å². The van der Waals surface area contributed by atoms with Crippen LogP contribution in [-0.2, 0) is 12.8 Å². The summed E-state index contributed by atoms with van der Waals surface area (Å²) in [5.41, 5.74) is 1.84. The van der Waals surface area contributed by atoms with Crippen LogP contribution in [0, 0.1) is 0 Å². The van der Waals surface area contributed by atoms with Crippen LogP contribution in [0.5, 0.6) is 5.75 Å². The van der Waals surface area contributed by atoms with Gasteiger partial charge in [0.25, 0.3) is 0 Å². The number of carboxylic acids is 1. The van der Waals surface area contributed by atoms with E-state index in [9.17, 15) is 9.90 Å². The van der Waals surface area contributed by atoms with Crippen LogP contribution in [0.3, 0.4) is 0 Å². The molecule has 82 valence electrons. The summed E-state index contributed by atoms with van der Waals surface area (Å²) in [5.74, 6) is -0.723. The maximum atomic E-state index is 11.0. The summed E-state index contributed by atoms with van der Waals surface area (Å²) in [7, 11) is 0. The number of carboxylic acid groups (broad SMARTS) is 1. The Morgan fingerprint density at radius 2 is 1.93 bits per heavy atom. The first kappa shape index (κ1) is 11.6. The van der Waals surface area contributed by atoms with Crippen molar-refractivity contribution in [3.05, 3.63) is 28.8 Å². The molecule has 0 fully saturated rings. The third kappa shape index (κ3) is 2.29. The first-order valence-corrected chi connectivity index (χ1v) is 5.18. The number of hydrogen-bond donors (Lipinski definition) is 2. The van der Waals surface area contributed by atoms with Gasteiger partial charge >= 0.3 is 5.97 Å². The molecule has 1 aromatic rings. The zero-order chi connectivity index (χ0) is 11.4. The predicted octanol–water partition coefficient (Wildman–Crippen LogP) is 2.61. The summed E-state index contributed by atoms with van der Waals surface area (Å²) in [6.07, 6.45) is 2.22. The second kappa shape index (κ2) is 4.82. The highest BCUT2D eigenvalue weighted by Gasteiger charge is 2.15. The summed E-state index contributed by atoms with van der Waals surface area (Å²) < 4.78 is 0. The van der Waals surface area contributed by atoms with E-state index >= 15 is 0 Å². The zero-order valence-electron chi connectivity index (χ0n) is 9.08. The van der Waals surface area contributed by atoms with Gasteiger partial charge in [0.1, 0.15) is 5.75 Å². The largest absolute Gasteiger partial charge is 0.508 e. The predicted molar refractivity (Wildman–Crippen MR) is 58.4 cm³/mol. The highest BCUT2D eigenvalue weighted by atomic mass is 16.4. The monoisotopic (exact) mass is 208 g/mol. The summed E-state index contributed by atoms with van der Waals surface area (Å²) in [6, 6.07) is 2.93. The Balaban J connectivity index is 3.34. The molecule has 0 amide bonds. The summed E-state index contributed by atoms with van der Waals surface area (Å²) in [6.45, 7) is 3.91. The van der Waals surface area contributed by atoms with Crippen molar-refractivity contribution < 1.29 is 15.0 Å². The van der Waals surface area contributed by atoms with E-state index in [4.69, 9.17) is 5.11 Å². The fourth-order valence-corrected chi connectivity index (χ4v) is 1.81. The molecule has 0 spiro atoms. The van der Waals surface area contributed by atoms with Crippen LogP contribution >= 0.6 is 0 Å². The van der Waals surface area contributed by atoms with Crippen molar-refractivity contribution in [3.63, 3.8) is 0 Å². The second-order valence-electron chi connectivity index (χ2n) is 3.50. The number of phenols is 1. The topological polar surface area (TPSA) is 57.5 Å². The van der Waals surface area contributed by atoms with Crippen LogP contribution in [0.2, 0.25) is 0 Å². The van der Waals surface area contributed by atoms with Gasteiger partial charge in [0.15, 0.2) is 0 Å². The van der Waals surface area contributed by atoms with E-state index in [2.05, 4.69) is 0 Å². The van der Waals surface area contributed by atoms with Gasteiger partial charge in [-0.15, -0.1) is 0 Å². The van der Waals surface area contributed by atoms with Crippen LogP contribution in [0.4, 0.5) is 0 Å². The summed E-state index contributed by atoms with van der Waals surface area (Å²) >= 11 is 0. The number of carbonyl (C=O) groups is 1. The van der Waals surface area contributed by atoms with Crippen LogP contribution in [0.1, 0.15) is 41.8 Å². The molecule has 0 heterocycles. The van der Waals surface area contributed by atoms with E-state index in [-0.39, 0.29) is 5.75 Å². The Morgan fingerprint density at radius 1 is 1.27 bits per heavy atom. The molecule has 0 aliphatic carbocycles. The van der Waals surface area contributed by atoms with E-state index in [1.807, 2.05) is 13.8 Å². The molecule has 1 aromatic carbocycles. The van der Waals surface area contributed by atoms with Crippen LogP contribution in [-0.4, -0.2) is 16.2 Å². The molecule has 0 aromatic heterocycles. The van der Waals surface area contributed by atoms with E-state index in [0.717, 1.165) is 17.5 Å². The Hall–Kier alpha value is -1.51. The van der Waals surface area contributed by atoms with Crippen LogP contribution < -0.4 is 0 Å². The van der Waals surface area contributed by atoms with Gasteiger partial charge in [-0.25, -0.2) is 4.79 Å². The molecule has 0 saturated carbocycles. The fourth-order valence-electron chi connectivity index (χ4n) is 1.81. The van der Waals surface area contributed by atoms with Crippen molar-refractivity contribution in [1.29, 1.82) is 0 Å². The number of rotatable bonds is 4. The second-order valence-corrected chi connectivity index (χ2v) is 3.50. The number of benzene rings is 1. The highest BCUT2D eigenvalue weighted by molar-refractivity contribution is 5.90. The zero-order valence-corrected chi connectivity index (χ0v) is 9.08. The van der Waals surface area contributed by atoms with Gasteiger partial charge in [-0.3, -0.25) is 0 Å². The lowest BCUT2D eigenvalue weighted by atomic mass is 9.95. The SMILES string of the molecule is CCCc1c(C(=O)O)ccc(O)c1CC. The lowest BCUT2D eigenvalue weighted by molar-refractivity contribution is 0.0695. The molecule has 0 atom stereocenters. The number of aromatic carboxylic acids is 1. The summed E-state index contributed by atoms with van der Waals surface area (Å²) in [4.78, 5) is 11.0. The molecule has 0 saturated heterocycles. The van der Waals surface area contributed by atoms with E-state index in [1.54, 1.807) is 0 Å². The lowest BCUT2D eigenvalue weighted by Crippen LogP contribution is -2.05. The molecule has 2 N–H and O–H groups in total. The number of phenolic OH excluding ortho intramolecular Hbond substituents is 1. The smallest absolute Gasteiger partial charge is 0.335 e. The third-order valence-corrected chi connectivity index (χ3v) is 2.49. The quantitative estimate of drug-likeness (QED) is 0.799. The van der Waals surface area contributed by atoms with Crippen molar-refractivity contribution in [1.82, 2.24) is 0 Å². The van der Waals surface area contributed by atoms with Crippen LogP contribution in [0.25, 0.3) is 0 Å². The standard InChI is InChI=1S/C12H16O3/c1-3-5-9-8(4-2)11(13)7-6-10(9)12(14)15/h6-7,13H,3-5H2,1-2H3,(H,14,15). The molecule has 3 heteroatoms. The summed E-state index contributed by atoms with van der Waals surface area (Å²) in [5, 5.41) is 18.7. The molecular weight excluding hydrogens is 192 g/mol. The maximum absolute atomic E-state index is 11.0. The molecule has 0 unspecified atom stereocenters. The van der Waals surface area contributed by atoms with Gasteiger partial charge in [-0.1, -0.05) is 20.3 Å². The van der Waals surface area contributed by atoms with Gasteiger partial charge in [-0.05, 0) is 36.1 Å².